The van der Waals surface area contributed by atoms with Gasteiger partial charge in [-0.15, -0.1) is 0 Å². The van der Waals surface area contributed by atoms with Crippen LogP contribution in [0.1, 0.15) is 25.0 Å². The predicted molar refractivity (Wildman–Crippen MR) is 71.9 cm³/mol. The fourth-order valence-corrected chi connectivity index (χ4v) is 2.78. The lowest BCUT2D eigenvalue weighted by molar-refractivity contribution is 0.169. The number of nitrogens with two attached hydrogens (primary N) is 1. The third kappa shape index (κ3) is 2.58. The lowest BCUT2D eigenvalue weighted by Crippen LogP contribution is -2.21. The van der Waals surface area contributed by atoms with Crippen LogP contribution in [0.3, 0.4) is 0 Å². The van der Waals surface area contributed by atoms with E-state index in [2.05, 4.69) is 22.9 Å². The van der Waals surface area contributed by atoms with Crippen LogP contribution in [0.2, 0.25) is 0 Å². The van der Waals surface area contributed by atoms with Crippen LogP contribution in [0.25, 0.3) is 0 Å². The molecule has 3 nitrogen and oxygen atoms in total. The Bertz CT molecular complexity index is 418. The second-order valence-electron chi connectivity index (χ2n) is 4.37. The first kappa shape index (κ1) is 12.7. The van der Waals surface area contributed by atoms with Gasteiger partial charge in [0.2, 0.25) is 0 Å². The SMILES string of the molecule is CCc1c(CC(C)N)c(Br)cc2c1OCCO2. The second kappa shape index (κ2) is 5.27. The molecule has 1 aliphatic heterocycles. The van der Waals surface area contributed by atoms with Crippen LogP contribution >= 0.6 is 15.9 Å². The molecule has 94 valence electrons. The minimum Gasteiger partial charge on any atom is -0.486 e. The van der Waals surface area contributed by atoms with Gasteiger partial charge < -0.3 is 15.2 Å². The second-order valence-corrected chi connectivity index (χ2v) is 5.23. The van der Waals surface area contributed by atoms with Crippen molar-refractivity contribution >= 4 is 15.9 Å². The van der Waals surface area contributed by atoms with Gasteiger partial charge in [-0.1, -0.05) is 22.9 Å². The summed E-state index contributed by atoms with van der Waals surface area (Å²) >= 11 is 3.60. The van der Waals surface area contributed by atoms with Gasteiger partial charge in [-0.2, -0.15) is 0 Å². The van der Waals surface area contributed by atoms with Gasteiger partial charge in [0, 0.05) is 16.1 Å². The zero-order valence-corrected chi connectivity index (χ0v) is 11.8. The summed E-state index contributed by atoms with van der Waals surface area (Å²) in [6.07, 6.45) is 1.77. The zero-order chi connectivity index (χ0) is 12.4. The van der Waals surface area contributed by atoms with Crippen molar-refractivity contribution in [1.29, 1.82) is 0 Å². The highest BCUT2D eigenvalue weighted by atomic mass is 79.9. The van der Waals surface area contributed by atoms with E-state index in [4.69, 9.17) is 15.2 Å². The molecule has 2 N–H and O–H groups in total. The normalized spacial score (nSPS) is 15.8. The Morgan fingerprint density at radius 1 is 1.35 bits per heavy atom. The van der Waals surface area contributed by atoms with Crippen molar-refractivity contribution in [3.63, 3.8) is 0 Å². The highest BCUT2D eigenvalue weighted by Gasteiger charge is 2.21. The molecule has 1 aromatic carbocycles. The Balaban J connectivity index is 2.50. The smallest absolute Gasteiger partial charge is 0.164 e. The first-order chi connectivity index (χ1) is 8.13. The first-order valence-electron chi connectivity index (χ1n) is 5.99. The molecule has 4 heteroatoms. The maximum Gasteiger partial charge on any atom is 0.164 e. The summed E-state index contributed by atoms with van der Waals surface area (Å²) < 4.78 is 12.4. The maximum atomic E-state index is 5.90. The van der Waals surface area contributed by atoms with Gasteiger partial charge in [-0.25, -0.2) is 0 Å². The van der Waals surface area contributed by atoms with Gasteiger partial charge in [0.1, 0.15) is 13.2 Å². The molecule has 1 aromatic rings. The van der Waals surface area contributed by atoms with Crippen molar-refractivity contribution in [2.45, 2.75) is 32.7 Å². The van der Waals surface area contributed by atoms with Gasteiger partial charge in [-0.05, 0) is 31.4 Å². The molecule has 0 aromatic heterocycles. The fourth-order valence-electron chi connectivity index (χ4n) is 2.18. The molecular formula is C13H18BrNO2. The molecule has 1 aliphatic rings. The van der Waals surface area contributed by atoms with E-state index >= 15 is 0 Å². The highest BCUT2D eigenvalue weighted by Crippen LogP contribution is 2.40. The summed E-state index contributed by atoms with van der Waals surface area (Å²) in [7, 11) is 0. The van der Waals surface area contributed by atoms with Crippen LogP contribution in [0, 0.1) is 0 Å². The third-order valence-corrected chi connectivity index (χ3v) is 3.58. The molecule has 0 spiro atoms. The summed E-state index contributed by atoms with van der Waals surface area (Å²) in [5.41, 5.74) is 8.36. The first-order valence-corrected chi connectivity index (χ1v) is 6.78. The topological polar surface area (TPSA) is 44.5 Å². The van der Waals surface area contributed by atoms with Crippen LogP contribution < -0.4 is 15.2 Å². The Labute approximate surface area is 110 Å². The molecule has 0 fully saturated rings. The maximum absolute atomic E-state index is 5.90. The molecule has 1 unspecified atom stereocenters. The Morgan fingerprint density at radius 3 is 2.71 bits per heavy atom. The molecule has 1 heterocycles. The van der Waals surface area contributed by atoms with E-state index < -0.39 is 0 Å². The summed E-state index contributed by atoms with van der Waals surface area (Å²) in [5, 5.41) is 0. The van der Waals surface area contributed by atoms with Crippen molar-refractivity contribution in [1.82, 2.24) is 0 Å². The van der Waals surface area contributed by atoms with Crippen molar-refractivity contribution in [2.75, 3.05) is 13.2 Å². The van der Waals surface area contributed by atoms with Crippen molar-refractivity contribution in [2.24, 2.45) is 5.73 Å². The van der Waals surface area contributed by atoms with Gasteiger partial charge in [0.25, 0.3) is 0 Å². The van der Waals surface area contributed by atoms with E-state index in [0.717, 1.165) is 28.8 Å². The van der Waals surface area contributed by atoms with E-state index in [1.165, 1.54) is 11.1 Å². The molecule has 2 rings (SSSR count). The number of benzene rings is 1. The number of halogens is 1. The quantitative estimate of drug-likeness (QED) is 0.933. The lowest BCUT2D eigenvalue weighted by atomic mass is 9.98. The van der Waals surface area contributed by atoms with E-state index in [1.807, 2.05) is 13.0 Å². The monoisotopic (exact) mass is 299 g/mol. The standard InChI is InChI=1S/C13H18BrNO2/c1-3-9-10(6-8(2)15)11(14)7-12-13(9)17-5-4-16-12/h7-8H,3-6,15H2,1-2H3. The molecule has 0 aliphatic carbocycles. The molecule has 0 bridgehead atoms. The molecular weight excluding hydrogens is 282 g/mol. The molecule has 0 saturated carbocycles. The highest BCUT2D eigenvalue weighted by molar-refractivity contribution is 9.10. The van der Waals surface area contributed by atoms with Crippen LogP contribution in [-0.4, -0.2) is 19.3 Å². The third-order valence-electron chi connectivity index (χ3n) is 2.88. The van der Waals surface area contributed by atoms with E-state index in [9.17, 15) is 0 Å². The molecule has 0 radical (unpaired) electrons. The molecule has 17 heavy (non-hydrogen) atoms. The minimum absolute atomic E-state index is 0.138. The van der Waals surface area contributed by atoms with E-state index in [1.54, 1.807) is 0 Å². The largest absolute Gasteiger partial charge is 0.486 e. The van der Waals surface area contributed by atoms with Crippen molar-refractivity contribution in [3.05, 3.63) is 21.7 Å². The Kier molecular flexibility index (Phi) is 3.94. The Hall–Kier alpha value is -0.740. The van der Waals surface area contributed by atoms with Crippen molar-refractivity contribution < 1.29 is 9.47 Å². The zero-order valence-electron chi connectivity index (χ0n) is 10.3. The van der Waals surface area contributed by atoms with Crippen LogP contribution in [0.4, 0.5) is 0 Å². The number of rotatable bonds is 3. The molecule has 1 atom stereocenters. The Morgan fingerprint density at radius 2 is 2.06 bits per heavy atom. The van der Waals surface area contributed by atoms with Crippen LogP contribution in [0.15, 0.2) is 10.5 Å². The average molecular weight is 300 g/mol. The molecule has 0 saturated heterocycles. The van der Waals surface area contributed by atoms with E-state index in [-0.39, 0.29) is 6.04 Å². The van der Waals surface area contributed by atoms with Crippen LogP contribution in [0.5, 0.6) is 11.5 Å². The minimum atomic E-state index is 0.138. The van der Waals surface area contributed by atoms with Gasteiger partial charge in [0.15, 0.2) is 11.5 Å². The summed E-state index contributed by atoms with van der Waals surface area (Å²) in [6.45, 7) is 5.39. The van der Waals surface area contributed by atoms with Crippen LogP contribution in [-0.2, 0) is 12.8 Å². The summed E-state index contributed by atoms with van der Waals surface area (Å²) in [6, 6.07) is 2.13. The number of ether oxygens (including phenoxy) is 2. The van der Waals surface area contributed by atoms with Gasteiger partial charge >= 0.3 is 0 Å². The van der Waals surface area contributed by atoms with Gasteiger partial charge in [-0.3, -0.25) is 0 Å². The number of hydrogen-bond donors (Lipinski definition) is 1. The fraction of sp³-hybridized carbons (Fsp3) is 0.538. The lowest BCUT2D eigenvalue weighted by Gasteiger charge is -2.24. The predicted octanol–water partition coefficient (Wildman–Crippen LogP) is 2.67. The summed E-state index contributed by atoms with van der Waals surface area (Å²) in [4.78, 5) is 0. The number of fused-ring (bicyclic) bond motifs is 1. The van der Waals surface area contributed by atoms with Gasteiger partial charge in [0.05, 0.1) is 0 Å². The summed E-state index contributed by atoms with van der Waals surface area (Å²) in [5.74, 6) is 1.74. The number of hydrogen-bond acceptors (Lipinski definition) is 3. The average Bonchev–Trinajstić information content (AvgIpc) is 2.29. The molecule has 0 amide bonds. The van der Waals surface area contributed by atoms with Crippen molar-refractivity contribution in [3.8, 4) is 11.5 Å². The van der Waals surface area contributed by atoms with E-state index in [0.29, 0.717) is 13.2 Å².